The van der Waals surface area contributed by atoms with Gasteiger partial charge in [-0.15, -0.1) is 11.3 Å². The monoisotopic (exact) mass is 439 g/mol. The molecule has 1 rings (SSSR count). The summed E-state index contributed by atoms with van der Waals surface area (Å²) in [5, 5.41) is 13.5. The summed E-state index contributed by atoms with van der Waals surface area (Å²) < 4.78 is 15.9. The van der Waals surface area contributed by atoms with E-state index < -0.39 is 35.1 Å². The fourth-order valence-corrected chi connectivity index (χ4v) is 2.87. The van der Waals surface area contributed by atoms with E-state index in [0.717, 1.165) is 11.3 Å². The highest BCUT2D eigenvalue weighted by Gasteiger charge is 2.37. The van der Waals surface area contributed by atoms with E-state index in [4.69, 9.17) is 14.2 Å². The Morgan fingerprint density at radius 1 is 0.900 bits per heavy atom. The predicted molar refractivity (Wildman–Crippen MR) is 114 cm³/mol. The molecule has 0 saturated carbocycles. The van der Waals surface area contributed by atoms with Crippen molar-refractivity contribution in [3.8, 4) is 6.07 Å². The van der Waals surface area contributed by atoms with E-state index >= 15 is 0 Å². The van der Waals surface area contributed by atoms with Crippen molar-refractivity contribution in [3.63, 3.8) is 0 Å². The Hall–Kier alpha value is -2.80. The molecular formula is C20H29N3O6S. The number of hydrogen-bond acceptors (Lipinski definition) is 8. The molecule has 10 heteroatoms. The number of thiophene rings is 1. The molecule has 9 nitrogen and oxygen atoms in total. The molecule has 166 valence electrons. The van der Waals surface area contributed by atoms with Crippen LogP contribution in [0.3, 0.4) is 0 Å². The molecule has 0 radical (unpaired) electrons. The van der Waals surface area contributed by atoms with E-state index in [0.29, 0.717) is 4.90 Å². The summed E-state index contributed by atoms with van der Waals surface area (Å²) in [7, 11) is 0. The normalized spacial score (nSPS) is 11.9. The van der Waals surface area contributed by atoms with Gasteiger partial charge in [0.1, 0.15) is 33.6 Å². The van der Waals surface area contributed by atoms with Crippen molar-refractivity contribution >= 4 is 40.3 Å². The second kappa shape index (κ2) is 8.92. The molecular weight excluding hydrogens is 410 g/mol. The SMILES string of the molecule is CC(C)(C)OC(=O)Nc1scc(C#N)c1N(C(=O)OC(C)(C)C)C(=O)OC(C)(C)C. The van der Waals surface area contributed by atoms with Crippen LogP contribution in [0.25, 0.3) is 0 Å². The van der Waals surface area contributed by atoms with Crippen LogP contribution in [0, 0.1) is 11.3 Å². The summed E-state index contributed by atoms with van der Waals surface area (Å²) in [5.41, 5.74) is -2.76. The summed E-state index contributed by atoms with van der Waals surface area (Å²) in [6, 6.07) is 1.91. The second-order valence-electron chi connectivity index (χ2n) is 9.36. The number of carbonyl (C=O) groups excluding carboxylic acids is 3. The minimum atomic E-state index is -1.04. The van der Waals surface area contributed by atoms with Gasteiger partial charge < -0.3 is 14.2 Å². The highest BCUT2D eigenvalue weighted by Crippen LogP contribution is 2.38. The molecule has 1 aromatic heterocycles. The lowest BCUT2D eigenvalue weighted by Crippen LogP contribution is -2.44. The van der Waals surface area contributed by atoms with E-state index in [1.54, 1.807) is 62.3 Å². The third-order valence-electron chi connectivity index (χ3n) is 2.88. The topological polar surface area (TPSA) is 118 Å². The maximum atomic E-state index is 12.9. The Bertz CT molecular complexity index is 822. The van der Waals surface area contributed by atoms with Gasteiger partial charge in [-0.25, -0.2) is 14.4 Å². The van der Waals surface area contributed by atoms with Crippen molar-refractivity contribution in [2.75, 3.05) is 10.2 Å². The van der Waals surface area contributed by atoms with Gasteiger partial charge in [-0.2, -0.15) is 10.2 Å². The van der Waals surface area contributed by atoms with Crippen LogP contribution in [0.5, 0.6) is 0 Å². The molecule has 3 amide bonds. The van der Waals surface area contributed by atoms with Crippen LogP contribution in [0.1, 0.15) is 67.9 Å². The maximum absolute atomic E-state index is 12.9. The molecule has 0 bridgehead atoms. The largest absolute Gasteiger partial charge is 0.444 e. The lowest BCUT2D eigenvalue weighted by molar-refractivity contribution is 0.0428. The molecule has 0 fully saturated rings. The first kappa shape index (κ1) is 25.2. The number of rotatable bonds is 2. The lowest BCUT2D eigenvalue weighted by Gasteiger charge is -2.29. The van der Waals surface area contributed by atoms with Crippen LogP contribution in [-0.4, -0.2) is 35.1 Å². The predicted octanol–water partition coefficient (Wildman–Crippen LogP) is 5.64. The first-order valence-corrected chi connectivity index (χ1v) is 10.1. The molecule has 0 aromatic carbocycles. The van der Waals surface area contributed by atoms with Gasteiger partial charge >= 0.3 is 18.3 Å². The van der Waals surface area contributed by atoms with Crippen LogP contribution in [0.15, 0.2) is 5.38 Å². The number of amides is 3. The van der Waals surface area contributed by atoms with Crippen molar-refractivity contribution in [3.05, 3.63) is 10.9 Å². The Labute approximate surface area is 180 Å². The number of hydrogen-bond donors (Lipinski definition) is 1. The van der Waals surface area contributed by atoms with Crippen molar-refractivity contribution < 1.29 is 28.6 Å². The third-order valence-corrected chi connectivity index (χ3v) is 3.76. The average molecular weight is 440 g/mol. The first-order chi connectivity index (χ1) is 13.4. The van der Waals surface area contributed by atoms with Gasteiger partial charge in [0.05, 0.1) is 5.56 Å². The molecule has 1 N–H and O–H groups in total. The molecule has 0 atom stereocenters. The number of nitrogens with one attached hydrogen (secondary N) is 1. The number of nitriles is 1. The zero-order valence-corrected chi connectivity index (χ0v) is 19.6. The molecule has 0 spiro atoms. The number of ether oxygens (including phenoxy) is 3. The highest BCUT2D eigenvalue weighted by atomic mass is 32.1. The van der Waals surface area contributed by atoms with E-state index in [9.17, 15) is 19.6 Å². The second-order valence-corrected chi connectivity index (χ2v) is 10.2. The van der Waals surface area contributed by atoms with Crippen LogP contribution in [0.4, 0.5) is 25.1 Å². The van der Waals surface area contributed by atoms with Gasteiger partial charge in [-0.05, 0) is 62.3 Å². The quantitative estimate of drug-likeness (QED) is 0.592. The molecule has 30 heavy (non-hydrogen) atoms. The summed E-state index contributed by atoms with van der Waals surface area (Å²) in [5.74, 6) is 0. The lowest BCUT2D eigenvalue weighted by atomic mass is 10.2. The van der Waals surface area contributed by atoms with Crippen molar-refractivity contribution in [1.82, 2.24) is 0 Å². The maximum Gasteiger partial charge on any atom is 0.424 e. The number of anilines is 2. The zero-order valence-electron chi connectivity index (χ0n) is 18.8. The smallest absolute Gasteiger partial charge is 0.424 e. The van der Waals surface area contributed by atoms with Crippen LogP contribution >= 0.6 is 11.3 Å². The van der Waals surface area contributed by atoms with Crippen molar-refractivity contribution in [1.29, 1.82) is 5.26 Å². The molecule has 0 unspecified atom stereocenters. The molecule has 0 aliphatic heterocycles. The van der Waals surface area contributed by atoms with Crippen LogP contribution in [0.2, 0.25) is 0 Å². The molecule has 1 heterocycles. The van der Waals surface area contributed by atoms with Gasteiger partial charge in [0.15, 0.2) is 0 Å². The minimum Gasteiger partial charge on any atom is -0.444 e. The van der Waals surface area contributed by atoms with E-state index in [1.165, 1.54) is 5.38 Å². The highest BCUT2D eigenvalue weighted by molar-refractivity contribution is 7.15. The number of carbonyl (C=O) groups is 3. The summed E-state index contributed by atoms with van der Waals surface area (Å²) in [4.78, 5) is 38.6. The number of nitrogens with zero attached hydrogens (tertiary/aromatic N) is 2. The molecule has 0 saturated heterocycles. The fourth-order valence-electron chi connectivity index (χ4n) is 2.01. The van der Waals surface area contributed by atoms with E-state index in [1.807, 2.05) is 6.07 Å². The van der Waals surface area contributed by atoms with Gasteiger partial charge in [0, 0.05) is 5.38 Å². The Balaban J connectivity index is 3.46. The summed E-state index contributed by atoms with van der Waals surface area (Å²) >= 11 is 0.963. The summed E-state index contributed by atoms with van der Waals surface area (Å²) in [6.45, 7) is 14.9. The summed E-state index contributed by atoms with van der Waals surface area (Å²) in [6.07, 6.45) is -2.89. The number of imide groups is 1. The molecule has 0 aliphatic carbocycles. The van der Waals surface area contributed by atoms with E-state index in [2.05, 4.69) is 5.32 Å². The average Bonchev–Trinajstić information content (AvgIpc) is 2.84. The van der Waals surface area contributed by atoms with Gasteiger partial charge in [-0.3, -0.25) is 5.32 Å². The van der Waals surface area contributed by atoms with Crippen LogP contribution in [-0.2, 0) is 14.2 Å². The van der Waals surface area contributed by atoms with Gasteiger partial charge in [-0.1, -0.05) is 0 Å². The van der Waals surface area contributed by atoms with Crippen LogP contribution < -0.4 is 10.2 Å². The Morgan fingerprint density at radius 2 is 1.33 bits per heavy atom. The third kappa shape index (κ3) is 7.91. The van der Waals surface area contributed by atoms with Crippen molar-refractivity contribution in [2.45, 2.75) is 79.1 Å². The first-order valence-electron chi connectivity index (χ1n) is 9.21. The standard InChI is InChI=1S/C20H29N3O6S/c1-18(2,3)27-15(24)22-14-13(12(10-21)11-30-14)23(16(25)28-19(4,5)6)17(26)29-20(7,8)9/h11H,1-9H3,(H,22,24). The molecule has 0 aliphatic rings. The Kier molecular flexibility index (Phi) is 7.50. The van der Waals surface area contributed by atoms with Gasteiger partial charge in [0.2, 0.25) is 0 Å². The van der Waals surface area contributed by atoms with Crippen molar-refractivity contribution in [2.24, 2.45) is 0 Å². The van der Waals surface area contributed by atoms with Gasteiger partial charge in [0.25, 0.3) is 0 Å². The zero-order chi connectivity index (χ0) is 23.5. The molecule has 1 aromatic rings. The Morgan fingerprint density at radius 3 is 1.70 bits per heavy atom. The fraction of sp³-hybridized carbons (Fsp3) is 0.600. The minimum absolute atomic E-state index is 0.0113. The van der Waals surface area contributed by atoms with E-state index in [-0.39, 0.29) is 16.3 Å².